The summed E-state index contributed by atoms with van der Waals surface area (Å²) in [4.78, 5) is 13.0. The molecule has 1 amide bonds. The van der Waals surface area contributed by atoms with Gasteiger partial charge in [0.05, 0.1) is 19.8 Å². The molecule has 1 fully saturated rings. The van der Waals surface area contributed by atoms with Gasteiger partial charge in [0.1, 0.15) is 0 Å². The largest absolute Gasteiger partial charge is 0.493 e. The number of ether oxygens (including phenoxy) is 3. The van der Waals surface area contributed by atoms with E-state index in [1.165, 1.54) is 11.1 Å². The van der Waals surface area contributed by atoms with Crippen LogP contribution in [0.3, 0.4) is 0 Å². The molecule has 0 radical (unpaired) electrons. The lowest BCUT2D eigenvalue weighted by atomic mass is 9.66. The Bertz CT molecular complexity index is 908. The summed E-state index contributed by atoms with van der Waals surface area (Å²) in [6.45, 7) is 7.62. The second-order valence-corrected chi connectivity index (χ2v) is 9.10. The maximum Gasteiger partial charge on any atom is 0.220 e. The number of hydrogen-bond donors (Lipinski definition) is 1. The van der Waals surface area contributed by atoms with E-state index in [0.717, 1.165) is 24.8 Å². The standard InChI is InChI=1S/C26H35NO4/c1-19-8-6-7-9-21(19)26(13-15-31-25(2,3)18-26)17-24(28)27-14-12-20-10-11-22(29-4)23(16-20)30-5/h6-11,16H,12-15,17-18H2,1-5H3,(H,27,28)/t26-/m1/s1. The van der Waals surface area contributed by atoms with Gasteiger partial charge in [-0.1, -0.05) is 30.3 Å². The fourth-order valence-electron chi connectivity index (χ4n) is 4.87. The van der Waals surface area contributed by atoms with Gasteiger partial charge >= 0.3 is 0 Å². The molecule has 0 saturated carbocycles. The van der Waals surface area contributed by atoms with Crippen molar-refractivity contribution >= 4 is 5.91 Å². The molecule has 1 saturated heterocycles. The van der Waals surface area contributed by atoms with Crippen molar-refractivity contribution in [3.8, 4) is 11.5 Å². The molecule has 1 aliphatic rings. The van der Waals surface area contributed by atoms with Crippen molar-refractivity contribution in [2.45, 2.75) is 57.5 Å². The van der Waals surface area contributed by atoms with Crippen molar-refractivity contribution in [3.63, 3.8) is 0 Å². The first-order valence-electron chi connectivity index (χ1n) is 11.0. The molecule has 2 aromatic rings. The van der Waals surface area contributed by atoms with Gasteiger partial charge in [0, 0.05) is 25.0 Å². The first-order chi connectivity index (χ1) is 14.8. The van der Waals surface area contributed by atoms with Crippen LogP contribution in [0.25, 0.3) is 0 Å². The predicted molar refractivity (Wildman–Crippen MR) is 123 cm³/mol. The molecule has 0 aliphatic carbocycles. The molecular weight excluding hydrogens is 390 g/mol. The molecule has 2 aromatic carbocycles. The molecule has 0 aromatic heterocycles. The molecule has 5 heteroatoms. The normalized spacial score (nSPS) is 20.2. The van der Waals surface area contributed by atoms with E-state index in [2.05, 4.69) is 50.4 Å². The van der Waals surface area contributed by atoms with Gasteiger partial charge in [0.15, 0.2) is 11.5 Å². The molecule has 1 N–H and O–H groups in total. The third-order valence-corrected chi connectivity index (χ3v) is 6.24. The number of nitrogens with one attached hydrogen (secondary N) is 1. The summed E-state index contributed by atoms with van der Waals surface area (Å²) in [5.74, 6) is 1.49. The lowest BCUT2D eigenvalue weighted by molar-refractivity contribution is -0.126. The fourth-order valence-corrected chi connectivity index (χ4v) is 4.87. The Hall–Kier alpha value is -2.53. The van der Waals surface area contributed by atoms with E-state index in [1.54, 1.807) is 14.2 Å². The summed E-state index contributed by atoms with van der Waals surface area (Å²) in [5.41, 5.74) is 3.14. The zero-order chi connectivity index (χ0) is 22.5. The minimum atomic E-state index is -0.250. The Morgan fingerprint density at radius 3 is 2.52 bits per heavy atom. The van der Waals surface area contributed by atoms with Gasteiger partial charge in [-0.3, -0.25) is 4.79 Å². The minimum absolute atomic E-state index is 0.0847. The van der Waals surface area contributed by atoms with Crippen LogP contribution in [0.5, 0.6) is 11.5 Å². The van der Waals surface area contributed by atoms with Crippen LogP contribution < -0.4 is 14.8 Å². The van der Waals surface area contributed by atoms with Crippen LogP contribution >= 0.6 is 0 Å². The molecule has 5 nitrogen and oxygen atoms in total. The molecule has 168 valence electrons. The zero-order valence-corrected chi connectivity index (χ0v) is 19.4. The molecule has 1 atom stereocenters. The van der Waals surface area contributed by atoms with Crippen molar-refractivity contribution < 1.29 is 19.0 Å². The summed E-state index contributed by atoms with van der Waals surface area (Å²) in [6.07, 6.45) is 2.88. The Kier molecular flexibility index (Phi) is 7.26. The highest BCUT2D eigenvalue weighted by molar-refractivity contribution is 5.78. The van der Waals surface area contributed by atoms with Crippen LogP contribution in [0.15, 0.2) is 42.5 Å². The van der Waals surface area contributed by atoms with Crippen molar-refractivity contribution in [2.75, 3.05) is 27.4 Å². The zero-order valence-electron chi connectivity index (χ0n) is 19.4. The van der Waals surface area contributed by atoms with Crippen molar-refractivity contribution in [1.82, 2.24) is 5.32 Å². The summed E-state index contributed by atoms with van der Waals surface area (Å²) in [6, 6.07) is 14.3. The first-order valence-corrected chi connectivity index (χ1v) is 11.0. The Labute approximate surface area is 186 Å². The summed E-state index contributed by atoms with van der Waals surface area (Å²) < 4.78 is 16.7. The number of methoxy groups -OCH3 is 2. The number of aryl methyl sites for hydroxylation is 1. The fraction of sp³-hybridized carbons (Fsp3) is 0.500. The highest BCUT2D eigenvalue weighted by Gasteiger charge is 2.44. The van der Waals surface area contributed by atoms with E-state index in [1.807, 2.05) is 18.2 Å². The first kappa shape index (κ1) is 23.1. The number of carbonyl (C=O) groups is 1. The van der Waals surface area contributed by atoms with E-state index in [4.69, 9.17) is 14.2 Å². The smallest absolute Gasteiger partial charge is 0.220 e. The van der Waals surface area contributed by atoms with Crippen molar-refractivity contribution in [3.05, 3.63) is 59.2 Å². The van der Waals surface area contributed by atoms with Crippen LogP contribution in [-0.2, 0) is 21.4 Å². The highest BCUT2D eigenvalue weighted by atomic mass is 16.5. The third kappa shape index (κ3) is 5.59. The molecule has 0 unspecified atom stereocenters. The number of amides is 1. The summed E-state index contributed by atoms with van der Waals surface area (Å²) in [7, 11) is 3.25. The number of hydrogen-bond acceptors (Lipinski definition) is 4. The average molecular weight is 426 g/mol. The maximum atomic E-state index is 13.0. The Morgan fingerprint density at radius 2 is 1.84 bits per heavy atom. The van der Waals surface area contributed by atoms with Gasteiger partial charge in [-0.25, -0.2) is 0 Å². The molecular formula is C26H35NO4. The molecule has 31 heavy (non-hydrogen) atoms. The third-order valence-electron chi connectivity index (χ3n) is 6.24. The van der Waals surface area contributed by atoms with E-state index in [-0.39, 0.29) is 16.9 Å². The van der Waals surface area contributed by atoms with E-state index < -0.39 is 0 Å². The molecule has 1 heterocycles. The Morgan fingerprint density at radius 1 is 1.10 bits per heavy atom. The predicted octanol–water partition coefficient (Wildman–Crippen LogP) is 4.59. The maximum absolute atomic E-state index is 13.0. The van der Waals surface area contributed by atoms with Gasteiger partial charge in [-0.2, -0.15) is 0 Å². The lowest BCUT2D eigenvalue weighted by Gasteiger charge is -2.45. The Balaban J connectivity index is 1.68. The van der Waals surface area contributed by atoms with Crippen LogP contribution in [0.1, 0.15) is 49.8 Å². The van der Waals surface area contributed by atoms with E-state index in [0.29, 0.717) is 31.1 Å². The summed E-state index contributed by atoms with van der Waals surface area (Å²) in [5, 5.41) is 3.13. The van der Waals surface area contributed by atoms with Crippen LogP contribution in [0, 0.1) is 6.92 Å². The second kappa shape index (κ2) is 9.73. The van der Waals surface area contributed by atoms with Crippen molar-refractivity contribution in [1.29, 1.82) is 0 Å². The number of carbonyl (C=O) groups excluding carboxylic acids is 1. The lowest BCUT2D eigenvalue weighted by Crippen LogP contribution is -2.47. The number of benzene rings is 2. The number of rotatable bonds is 8. The average Bonchev–Trinajstić information content (AvgIpc) is 2.73. The van der Waals surface area contributed by atoms with Crippen LogP contribution in [0.4, 0.5) is 0 Å². The van der Waals surface area contributed by atoms with Gasteiger partial charge < -0.3 is 19.5 Å². The monoisotopic (exact) mass is 425 g/mol. The van der Waals surface area contributed by atoms with Crippen LogP contribution in [-0.4, -0.2) is 38.9 Å². The SMILES string of the molecule is COc1ccc(CCNC(=O)C[C@]2(c3ccccc3C)CCOC(C)(C)C2)cc1OC. The summed E-state index contributed by atoms with van der Waals surface area (Å²) >= 11 is 0. The highest BCUT2D eigenvalue weighted by Crippen LogP contribution is 2.45. The van der Waals surface area contributed by atoms with Gasteiger partial charge in [0.25, 0.3) is 0 Å². The van der Waals surface area contributed by atoms with E-state index in [9.17, 15) is 4.79 Å². The van der Waals surface area contributed by atoms with Gasteiger partial charge in [-0.15, -0.1) is 0 Å². The van der Waals surface area contributed by atoms with Gasteiger partial charge in [0.2, 0.25) is 5.91 Å². The van der Waals surface area contributed by atoms with Crippen molar-refractivity contribution in [2.24, 2.45) is 0 Å². The quantitative estimate of drug-likeness (QED) is 0.672. The van der Waals surface area contributed by atoms with E-state index >= 15 is 0 Å². The molecule has 0 bridgehead atoms. The molecule has 3 rings (SSSR count). The topological polar surface area (TPSA) is 56.8 Å². The van der Waals surface area contributed by atoms with Gasteiger partial charge in [-0.05, 0) is 68.9 Å². The minimum Gasteiger partial charge on any atom is -0.493 e. The van der Waals surface area contributed by atoms with Crippen LogP contribution in [0.2, 0.25) is 0 Å². The molecule has 0 spiro atoms. The molecule has 1 aliphatic heterocycles. The second-order valence-electron chi connectivity index (χ2n) is 9.10.